The zero-order valence-electron chi connectivity index (χ0n) is 67.3. The van der Waals surface area contributed by atoms with Crippen LogP contribution in [0.3, 0.4) is 0 Å². The third-order valence-corrected chi connectivity index (χ3v) is 25.1. The maximum absolute atomic E-state index is 4.11. The molecule has 0 fully saturated rings. The van der Waals surface area contributed by atoms with E-state index in [1.54, 1.807) is 0 Å². The molecule has 10 aromatic rings. The lowest BCUT2D eigenvalue weighted by molar-refractivity contribution is 0.590. The van der Waals surface area contributed by atoms with Crippen LogP contribution in [-0.2, 0) is 43.3 Å². The maximum atomic E-state index is 4.11. The normalized spacial score (nSPS) is 14.5. The Hall–Kier alpha value is -7.77. The molecule has 4 nitrogen and oxygen atoms in total. The minimum absolute atomic E-state index is 0.0141. The SMILES string of the molecule is CC(C)(C)c1ccc(N2c3ccc(C(C)(C)C)cc3B3c4cc(C(C)(C)C)ccc4N(c4ccc(C(C)(C)C)cc4)c4c(Br)ccc2c43)cc1.CC(C)(C)c1ccc(N2c3ccc(C(C)(C)C)cc3B3c4cc(C(C)(C)C)ccc4N(c4ccc(C(C)(C)C)cc4)c4c([Si](C)(C)C)ccc2c43)cc1. The average Bonchev–Trinajstić information content (AvgIpc) is 0.697. The molecule has 0 atom stereocenters. The summed E-state index contributed by atoms with van der Waals surface area (Å²) in [6.07, 6.45) is 0. The Morgan fingerprint density at radius 1 is 0.243 bits per heavy atom. The van der Waals surface area contributed by atoms with Gasteiger partial charge in [-0.05, 0) is 233 Å². The Labute approximate surface area is 631 Å². The van der Waals surface area contributed by atoms with E-state index in [0.717, 1.165) is 4.47 Å². The van der Waals surface area contributed by atoms with Crippen LogP contribution in [0.5, 0.6) is 0 Å². The van der Waals surface area contributed by atoms with Crippen LogP contribution in [0.25, 0.3) is 0 Å². The summed E-state index contributed by atoms with van der Waals surface area (Å²) < 4.78 is 1.10. The predicted molar refractivity (Wildman–Crippen MR) is 461 cm³/mol. The van der Waals surface area contributed by atoms with Gasteiger partial charge in [0.1, 0.15) is 0 Å². The molecule has 0 bridgehead atoms. The summed E-state index contributed by atoms with van der Waals surface area (Å²) in [5.74, 6) is 0. The van der Waals surface area contributed by atoms with Crippen molar-refractivity contribution in [2.75, 3.05) is 19.6 Å². The van der Waals surface area contributed by atoms with E-state index < -0.39 is 8.07 Å². The molecular weight excluding hydrogens is 1330 g/mol. The van der Waals surface area contributed by atoms with Crippen molar-refractivity contribution in [3.63, 3.8) is 0 Å². The van der Waals surface area contributed by atoms with Crippen molar-refractivity contribution < 1.29 is 0 Å². The minimum atomic E-state index is -1.85. The second kappa shape index (κ2) is 25.2. The fourth-order valence-electron chi connectivity index (χ4n) is 16.0. The second-order valence-corrected chi connectivity index (χ2v) is 45.4. The fourth-order valence-corrected chi connectivity index (χ4v) is 18.1. The second-order valence-electron chi connectivity index (χ2n) is 39.5. The highest BCUT2D eigenvalue weighted by Gasteiger charge is 2.48. The summed E-state index contributed by atoms with van der Waals surface area (Å²) in [6, 6.07) is 75.9. The third-order valence-electron chi connectivity index (χ3n) is 22.4. The van der Waals surface area contributed by atoms with E-state index in [9.17, 15) is 0 Å². The molecule has 0 radical (unpaired) electrons. The summed E-state index contributed by atoms with van der Waals surface area (Å²) >= 11 is 4.11. The van der Waals surface area contributed by atoms with Gasteiger partial charge in [-0.15, -0.1) is 0 Å². The Morgan fingerprint density at radius 3 is 0.718 bits per heavy atom. The number of hydrogen-bond acceptors (Lipinski definition) is 4. The molecule has 0 spiro atoms. The van der Waals surface area contributed by atoms with Crippen LogP contribution in [0.1, 0.15) is 211 Å². The van der Waals surface area contributed by atoms with Gasteiger partial charge in [0.25, 0.3) is 13.4 Å². The summed E-state index contributed by atoms with van der Waals surface area (Å²) in [4.78, 5) is 10.2. The molecule has 0 N–H and O–H groups in total. The van der Waals surface area contributed by atoms with Gasteiger partial charge >= 0.3 is 0 Å². The Bertz CT molecular complexity index is 4870. The smallest absolute Gasteiger partial charge is 0.252 e. The minimum Gasteiger partial charge on any atom is -0.312 e. The van der Waals surface area contributed by atoms with Crippen molar-refractivity contribution in [2.45, 2.75) is 229 Å². The first-order valence-corrected chi connectivity index (χ1v) is 42.2. The van der Waals surface area contributed by atoms with Crippen molar-refractivity contribution in [1.82, 2.24) is 0 Å². The van der Waals surface area contributed by atoms with Gasteiger partial charge in [0, 0.05) is 67.0 Å². The molecule has 103 heavy (non-hydrogen) atoms. The molecule has 0 saturated heterocycles. The summed E-state index contributed by atoms with van der Waals surface area (Å²) in [7, 11) is -1.85. The van der Waals surface area contributed by atoms with Crippen LogP contribution in [-0.4, -0.2) is 21.5 Å². The molecular formula is C95H113B2BrN4Si. The van der Waals surface area contributed by atoms with Gasteiger partial charge in [0.2, 0.25) is 0 Å². The van der Waals surface area contributed by atoms with Crippen molar-refractivity contribution in [2.24, 2.45) is 0 Å². The number of nitrogens with zero attached hydrogens (tertiary/aromatic N) is 4. The molecule has 4 heterocycles. The predicted octanol–water partition coefficient (Wildman–Crippen LogP) is 23.2. The van der Waals surface area contributed by atoms with Gasteiger partial charge in [0.15, 0.2) is 0 Å². The average molecular weight is 1440 g/mol. The van der Waals surface area contributed by atoms with E-state index in [1.165, 1.54) is 151 Å². The van der Waals surface area contributed by atoms with Crippen LogP contribution >= 0.6 is 15.9 Å². The topological polar surface area (TPSA) is 13.0 Å². The zero-order valence-corrected chi connectivity index (χ0v) is 69.9. The molecule has 8 heteroatoms. The van der Waals surface area contributed by atoms with E-state index in [4.69, 9.17) is 0 Å². The van der Waals surface area contributed by atoms with Crippen molar-refractivity contribution >= 4 is 144 Å². The van der Waals surface area contributed by atoms with Crippen LogP contribution in [0.4, 0.5) is 68.2 Å². The Morgan fingerprint density at radius 2 is 0.456 bits per heavy atom. The largest absolute Gasteiger partial charge is 0.312 e. The monoisotopic (exact) mass is 1440 g/mol. The first-order chi connectivity index (χ1) is 47.7. The number of fused-ring (bicyclic) bond motifs is 8. The van der Waals surface area contributed by atoms with E-state index in [1.807, 2.05) is 0 Å². The highest BCUT2D eigenvalue weighted by molar-refractivity contribution is 9.10. The van der Waals surface area contributed by atoms with Crippen LogP contribution in [0.15, 0.2) is 199 Å². The number of benzene rings is 10. The molecule has 10 aromatic carbocycles. The van der Waals surface area contributed by atoms with Crippen molar-refractivity contribution in [3.05, 3.63) is 243 Å². The molecule has 0 aliphatic carbocycles. The van der Waals surface area contributed by atoms with Crippen LogP contribution in [0.2, 0.25) is 19.6 Å². The van der Waals surface area contributed by atoms with E-state index in [0.29, 0.717) is 0 Å². The molecule has 0 unspecified atom stereocenters. The van der Waals surface area contributed by atoms with Gasteiger partial charge in [-0.2, -0.15) is 0 Å². The highest BCUT2D eigenvalue weighted by Crippen LogP contribution is 2.50. The fraction of sp³-hybridized carbons (Fsp3) is 0.368. The Kier molecular flexibility index (Phi) is 18.0. The lowest BCUT2D eigenvalue weighted by atomic mass is 9.33. The summed E-state index contributed by atoms with van der Waals surface area (Å²) in [5, 5.41) is 1.50. The van der Waals surface area contributed by atoms with Gasteiger partial charge < -0.3 is 19.6 Å². The molecule has 530 valence electrons. The van der Waals surface area contributed by atoms with Gasteiger partial charge in [-0.1, -0.05) is 289 Å². The quantitative estimate of drug-likeness (QED) is 0.159. The summed E-state index contributed by atoms with van der Waals surface area (Å²) in [5.41, 5.74) is 34.5. The lowest BCUT2D eigenvalue weighted by Gasteiger charge is -2.46. The van der Waals surface area contributed by atoms with Gasteiger partial charge in [0.05, 0.1) is 13.8 Å². The first-order valence-electron chi connectivity index (χ1n) is 37.9. The molecule has 0 saturated carbocycles. The molecule has 14 rings (SSSR count). The standard InChI is InChI=1S/C49H61BN2Si.C46H52BBrN2/c1-46(2,3)32-16-22-36(23-17-32)51-40-26-20-34(48(7,8)9)30-38(40)50-39-31-35(49(10,11)12)21-27-41(39)52(37-24-18-33(19-25-37)47(4,5)6)45-43(53(13,14)15)29-28-42(51)44(45)50;1-43(2,3)29-13-19-33(20-14-29)49-38-24-17-31(45(7,8)9)27-35(38)47-36-28-32(46(10,11)12)18-25-39(36)50(42-37(48)23-26-40(49)41(42)47)34-21-15-30(16-22-34)44(4,5)6/h16-31H,1-15H3;13-28H,1-12H3. The van der Waals surface area contributed by atoms with E-state index in [2.05, 4.69) is 415 Å². The number of anilines is 12. The van der Waals surface area contributed by atoms with Crippen molar-refractivity contribution in [3.8, 4) is 0 Å². The lowest BCUT2D eigenvalue weighted by Crippen LogP contribution is -2.63. The maximum Gasteiger partial charge on any atom is 0.252 e. The third kappa shape index (κ3) is 13.4. The number of halogens is 1. The molecule has 0 amide bonds. The van der Waals surface area contributed by atoms with E-state index >= 15 is 0 Å². The number of hydrogen-bond donors (Lipinski definition) is 0. The molecule has 0 aromatic heterocycles. The van der Waals surface area contributed by atoms with Crippen molar-refractivity contribution in [1.29, 1.82) is 0 Å². The summed E-state index contributed by atoms with van der Waals surface area (Å²) in [6.45, 7) is 63.3. The van der Waals surface area contributed by atoms with Crippen LogP contribution in [0, 0.1) is 0 Å². The Balaban J connectivity index is 0.000000184. The van der Waals surface area contributed by atoms with Crippen LogP contribution < -0.4 is 57.6 Å². The first kappa shape index (κ1) is 73.5. The molecule has 4 aliphatic heterocycles. The van der Waals surface area contributed by atoms with E-state index in [-0.39, 0.29) is 56.7 Å². The van der Waals surface area contributed by atoms with Gasteiger partial charge in [-0.3, -0.25) is 0 Å². The highest BCUT2D eigenvalue weighted by atomic mass is 79.9. The molecule has 4 aliphatic rings. The zero-order chi connectivity index (χ0) is 74.8. The number of rotatable bonds is 5. The van der Waals surface area contributed by atoms with Gasteiger partial charge in [-0.25, -0.2) is 0 Å².